The summed E-state index contributed by atoms with van der Waals surface area (Å²) in [6.07, 6.45) is 3.38. The Bertz CT molecular complexity index is 1720. The van der Waals surface area contributed by atoms with Gasteiger partial charge >= 0.3 is 0 Å². The van der Waals surface area contributed by atoms with Crippen LogP contribution in [0.25, 0.3) is 0 Å². The van der Waals surface area contributed by atoms with Gasteiger partial charge in [0, 0.05) is 23.4 Å². The number of ether oxygens (including phenoxy) is 2. The predicted octanol–water partition coefficient (Wildman–Crippen LogP) is 8.53. The molecular formula is C36H35NO5S. The maximum Gasteiger partial charge on any atom is 0.186 e. The van der Waals surface area contributed by atoms with E-state index in [1.54, 1.807) is 37.5 Å². The Morgan fingerprint density at radius 3 is 1.91 bits per heavy atom. The quantitative estimate of drug-likeness (QED) is 0.158. The minimum Gasteiger partial charge on any atom is -0.457 e. The van der Waals surface area contributed by atoms with E-state index in [2.05, 4.69) is 37.9 Å². The Morgan fingerprint density at radius 1 is 0.814 bits per heavy atom. The molecule has 0 saturated heterocycles. The number of benzene rings is 4. The molecule has 0 fully saturated rings. The minimum absolute atomic E-state index is 0.286. The molecule has 5 aromatic rings. The average Bonchev–Trinajstić information content (AvgIpc) is 3.02. The molecule has 7 heteroatoms. The first-order chi connectivity index (χ1) is 20.7. The third-order valence-electron chi connectivity index (χ3n) is 7.76. The van der Waals surface area contributed by atoms with Gasteiger partial charge in [-0.1, -0.05) is 63.2 Å². The summed E-state index contributed by atoms with van der Waals surface area (Å²) in [5, 5.41) is 11.0. The summed E-state index contributed by atoms with van der Waals surface area (Å²) < 4.78 is 33.2. The predicted molar refractivity (Wildman–Crippen MR) is 169 cm³/mol. The normalized spacial score (nSPS) is 12.9. The Kier molecular flexibility index (Phi) is 9.06. The van der Waals surface area contributed by atoms with Crippen molar-refractivity contribution in [2.24, 2.45) is 0 Å². The summed E-state index contributed by atoms with van der Waals surface area (Å²) in [6.45, 7) is 8.19. The van der Waals surface area contributed by atoms with E-state index in [1.165, 1.54) is 0 Å². The molecule has 0 aliphatic carbocycles. The van der Waals surface area contributed by atoms with Crippen LogP contribution in [0.2, 0.25) is 0 Å². The van der Waals surface area contributed by atoms with E-state index >= 15 is 0 Å². The third kappa shape index (κ3) is 6.86. The standard InChI is InChI=1S/C36H35NO5S/c1-5-25-9-15-31(21-33(25)35(38)26-7-6-20-37-23-26)41-29-16-10-27(11-17-29)36(3,4)28-12-18-30(19-13-28)42-32-14-8-24(2)34(22-32)43(39)40/h6-23,35,38H,5H2,1-4H3,(H,39,40). The van der Waals surface area contributed by atoms with Gasteiger partial charge in [-0.25, -0.2) is 4.21 Å². The van der Waals surface area contributed by atoms with Gasteiger partial charge in [0.25, 0.3) is 0 Å². The summed E-state index contributed by atoms with van der Waals surface area (Å²) in [5.74, 6) is 2.51. The molecule has 220 valence electrons. The Hall–Kier alpha value is -4.30. The van der Waals surface area contributed by atoms with E-state index in [1.807, 2.05) is 66.7 Å². The second-order valence-electron chi connectivity index (χ2n) is 11.0. The van der Waals surface area contributed by atoms with Crippen molar-refractivity contribution in [1.29, 1.82) is 0 Å². The number of rotatable bonds is 10. The molecule has 6 nitrogen and oxygen atoms in total. The number of hydrogen-bond donors (Lipinski definition) is 2. The first-order valence-corrected chi connectivity index (χ1v) is 15.3. The van der Waals surface area contributed by atoms with Crippen molar-refractivity contribution < 1.29 is 23.3 Å². The Labute approximate surface area is 255 Å². The molecule has 43 heavy (non-hydrogen) atoms. The van der Waals surface area contributed by atoms with Crippen molar-refractivity contribution in [3.8, 4) is 23.0 Å². The first-order valence-electron chi connectivity index (χ1n) is 14.1. The fraction of sp³-hybridized carbons (Fsp3) is 0.194. The highest BCUT2D eigenvalue weighted by Crippen LogP contribution is 2.36. The van der Waals surface area contributed by atoms with Crippen molar-refractivity contribution in [3.05, 3.63) is 143 Å². The average molecular weight is 594 g/mol. The SMILES string of the molecule is CCc1ccc(Oc2ccc(C(C)(C)c3ccc(Oc4ccc(C)c(S(=O)O)c4)cc3)cc2)cc1C(O)c1cccnc1. The molecule has 0 spiro atoms. The zero-order valence-electron chi connectivity index (χ0n) is 24.7. The lowest BCUT2D eigenvalue weighted by Crippen LogP contribution is -2.18. The van der Waals surface area contributed by atoms with Gasteiger partial charge in [-0.2, -0.15) is 0 Å². The zero-order chi connectivity index (χ0) is 30.6. The van der Waals surface area contributed by atoms with Crippen LogP contribution in [0.3, 0.4) is 0 Å². The van der Waals surface area contributed by atoms with Crippen LogP contribution in [-0.2, 0) is 22.9 Å². The van der Waals surface area contributed by atoms with Crippen molar-refractivity contribution in [1.82, 2.24) is 4.98 Å². The summed E-state index contributed by atoms with van der Waals surface area (Å²) in [7, 11) is 0. The summed E-state index contributed by atoms with van der Waals surface area (Å²) >= 11 is -2.07. The maximum atomic E-state index is 11.6. The number of aliphatic hydroxyl groups excluding tert-OH is 1. The van der Waals surface area contributed by atoms with E-state index in [4.69, 9.17) is 9.47 Å². The lowest BCUT2D eigenvalue weighted by molar-refractivity contribution is 0.218. The molecule has 0 radical (unpaired) electrons. The number of pyridine rings is 1. The van der Waals surface area contributed by atoms with Crippen LogP contribution in [0, 0.1) is 6.92 Å². The van der Waals surface area contributed by atoms with E-state index in [-0.39, 0.29) is 5.41 Å². The molecule has 0 amide bonds. The van der Waals surface area contributed by atoms with Gasteiger partial charge in [0.1, 0.15) is 29.1 Å². The molecule has 2 N–H and O–H groups in total. The highest BCUT2D eigenvalue weighted by Gasteiger charge is 2.23. The maximum absolute atomic E-state index is 11.6. The molecule has 4 aromatic carbocycles. The molecule has 2 unspecified atom stereocenters. The summed E-state index contributed by atoms with van der Waals surface area (Å²) in [6, 6.07) is 30.6. The first kappa shape index (κ1) is 30.2. The van der Waals surface area contributed by atoms with E-state index < -0.39 is 17.2 Å². The second-order valence-corrected chi connectivity index (χ2v) is 11.9. The highest BCUT2D eigenvalue weighted by atomic mass is 32.2. The number of nitrogens with zero attached hydrogens (tertiary/aromatic N) is 1. The van der Waals surface area contributed by atoms with E-state index in [0.717, 1.165) is 39.8 Å². The molecule has 0 saturated carbocycles. The van der Waals surface area contributed by atoms with Crippen molar-refractivity contribution in [2.75, 3.05) is 0 Å². The van der Waals surface area contributed by atoms with Crippen LogP contribution in [0.1, 0.15) is 60.3 Å². The lowest BCUT2D eigenvalue weighted by atomic mass is 9.78. The fourth-order valence-corrected chi connectivity index (χ4v) is 5.64. The molecule has 0 aliphatic rings. The monoisotopic (exact) mass is 593 g/mol. The van der Waals surface area contributed by atoms with E-state index in [0.29, 0.717) is 27.9 Å². The summed E-state index contributed by atoms with van der Waals surface area (Å²) in [4.78, 5) is 4.48. The highest BCUT2D eigenvalue weighted by molar-refractivity contribution is 7.79. The lowest BCUT2D eigenvalue weighted by Gasteiger charge is -2.26. The number of aryl methyl sites for hydroxylation is 2. The van der Waals surface area contributed by atoms with Crippen molar-refractivity contribution >= 4 is 11.1 Å². The van der Waals surface area contributed by atoms with Gasteiger partial charge in [-0.3, -0.25) is 4.98 Å². The molecule has 1 heterocycles. The van der Waals surface area contributed by atoms with Gasteiger partial charge in [-0.05, 0) is 95.8 Å². The number of aliphatic hydroxyl groups is 1. The van der Waals surface area contributed by atoms with Crippen LogP contribution < -0.4 is 9.47 Å². The zero-order valence-corrected chi connectivity index (χ0v) is 25.5. The summed E-state index contributed by atoms with van der Waals surface area (Å²) in [5.41, 5.74) is 5.29. The second kappa shape index (κ2) is 12.9. The molecule has 0 aliphatic heterocycles. The minimum atomic E-state index is -2.07. The van der Waals surface area contributed by atoms with Crippen LogP contribution in [0.5, 0.6) is 23.0 Å². The van der Waals surface area contributed by atoms with Gasteiger partial charge in [0.2, 0.25) is 0 Å². The third-order valence-corrected chi connectivity index (χ3v) is 8.58. The Balaban J connectivity index is 1.29. The smallest absolute Gasteiger partial charge is 0.186 e. The topological polar surface area (TPSA) is 88.9 Å². The largest absolute Gasteiger partial charge is 0.457 e. The van der Waals surface area contributed by atoms with Crippen LogP contribution in [0.15, 0.2) is 114 Å². The number of aromatic nitrogens is 1. The molecule has 5 rings (SSSR count). The van der Waals surface area contributed by atoms with Gasteiger partial charge in [-0.15, -0.1) is 0 Å². The Morgan fingerprint density at radius 2 is 1.37 bits per heavy atom. The van der Waals surface area contributed by atoms with Crippen molar-refractivity contribution in [2.45, 2.75) is 50.5 Å². The van der Waals surface area contributed by atoms with E-state index in [9.17, 15) is 13.9 Å². The fourth-order valence-electron chi connectivity index (χ4n) is 5.08. The van der Waals surface area contributed by atoms with Crippen LogP contribution >= 0.6 is 0 Å². The molecule has 2 atom stereocenters. The van der Waals surface area contributed by atoms with Crippen molar-refractivity contribution in [3.63, 3.8) is 0 Å². The van der Waals surface area contributed by atoms with Gasteiger partial charge in [0.15, 0.2) is 11.1 Å². The van der Waals surface area contributed by atoms with Crippen LogP contribution in [0.4, 0.5) is 0 Å². The molecule has 0 bridgehead atoms. The number of hydrogen-bond acceptors (Lipinski definition) is 5. The van der Waals surface area contributed by atoms with Gasteiger partial charge < -0.3 is 19.1 Å². The van der Waals surface area contributed by atoms with Crippen LogP contribution in [-0.4, -0.2) is 18.9 Å². The van der Waals surface area contributed by atoms with Gasteiger partial charge in [0.05, 0.1) is 4.90 Å². The molecule has 1 aromatic heterocycles. The molecular weight excluding hydrogens is 558 g/mol.